The molecule has 0 aromatic carbocycles. The summed E-state index contributed by atoms with van der Waals surface area (Å²) >= 11 is 0. The summed E-state index contributed by atoms with van der Waals surface area (Å²) in [7, 11) is 0. The second-order valence-corrected chi connectivity index (χ2v) is 4.20. The highest BCUT2D eigenvalue weighted by molar-refractivity contribution is 5.85. The lowest BCUT2D eigenvalue weighted by Gasteiger charge is -2.19. The molecule has 0 saturated heterocycles. The molecule has 0 radical (unpaired) electrons. The molecule has 0 bridgehead atoms. The lowest BCUT2D eigenvalue weighted by Crippen LogP contribution is -2.34. The fourth-order valence-corrected chi connectivity index (χ4v) is 1.54. The second kappa shape index (κ2) is 3.87. The van der Waals surface area contributed by atoms with Gasteiger partial charge in [0.05, 0.1) is 5.54 Å². The van der Waals surface area contributed by atoms with Crippen LogP contribution in [-0.4, -0.2) is 10.1 Å². The molecule has 2 N–H and O–H groups in total. The molecule has 1 heterocycles. The summed E-state index contributed by atoms with van der Waals surface area (Å²) in [5.41, 5.74) is 5.69. The van der Waals surface area contributed by atoms with Crippen molar-refractivity contribution >= 4 is 12.4 Å². The summed E-state index contributed by atoms with van der Waals surface area (Å²) in [6.45, 7) is 3.75. The van der Waals surface area contributed by atoms with Crippen LogP contribution in [0, 0.1) is 12.8 Å². The molecule has 1 aromatic rings. The number of hydrogen-bond donors (Lipinski definition) is 1. The first kappa shape index (κ1) is 11.5. The first-order valence-corrected chi connectivity index (χ1v) is 4.67. The maximum Gasteiger partial charge on any atom is 0.223 e. The predicted molar refractivity (Wildman–Crippen MR) is 55.2 cm³/mol. The number of hydrogen-bond acceptors (Lipinski definition) is 4. The highest BCUT2D eigenvalue weighted by Crippen LogP contribution is 2.38. The third-order valence-electron chi connectivity index (χ3n) is 2.45. The van der Waals surface area contributed by atoms with Gasteiger partial charge in [-0.05, 0) is 19.3 Å². The SMILES string of the molecule is Cc1nc([C@@](C)(N)CC2CC2)no1.Cl. The number of rotatable bonds is 3. The molecule has 1 saturated carbocycles. The minimum absolute atomic E-state index is 0. The molecule has 80 valence electrons. The molecule has 1 aromatic heterocycles. The van der Waals surface area contributed by atoms with Gasteiger partial charge in [0.15, 0.2) is 5.82 Å². The van der Waals surface area contributed by atoms with Gasteiger partial charge in [-0.3, -0.25) is 0 Å². The van der Waals surface area contributed by atoms with E-state index in [1.807, 2.05) is 6.92 Å². The minimum atomic E-state index is -0.418. The highest BCUT2D eigenvalue weighted by Gasteiger charge is 2.34. The van der Waals surface area contributed by atoms with Crippen molar-refractivity contribution in [2.45, 2.75) is 38.6 Å². The van der Waals surface area contributed by atoms with Crippen molar-refractivity contribution in [2.75, 3.05) is 0 Å². The van der Waals surface area contributed by atoms with E-state index >= 15 is 0 Å². The Hall–Kier alpha value is -0.610. The van der Waals surface area contributed by atoms with Gasteiger partial charge in [-0.1, -0.05) is 18.0 Å². The molecule has 1 atom stereocenters. The Balaban J connectivity index is 0.000000980. The van der Waals surface area contributed by atoms with Gasteiger partial charge in [-0.25, -0.2) is 0 Å². The van der Waals surface area contributed by atoms with E-state index < -0.39 is 5.54 Å². The Morgan fingerprint density at radius 1 is 1.57 bits per heavy atom. The first-order chi connectivity index (χ1) is 6.08. The van der Waals surface area contributed by atoms with E-state index in [2.05, 4.69) is 10.1 Å². The molecule has 0 spiro atoms. The molecule has 0 unspecified atom stereocenters. The molecular formula is C9H16ClN3O. The van der Waals surface area contributed by atoms with Gasteiger partial charge in [0.1, 0.15) is 0 Å². The molecule has 1 aliphatic rings. The maximum absolute atomic E-state index is 6.11. The standard InChI is InChI=1S/C9H15N3O.ClH/c1-6-11-8(12-13-6)9(2,10)5-7-3-4-7;/h7H,3-5,10H2,1-2H3;1H/t9-;/m0./s1. The normalized spacial score (nSPS) is 19.9. The zero-order valence-electron chi connectivity index (χ0n) is 8.49. The van der Waals surface area contributed by atoms with Crippen LogP contribution >= 0.6 is 12.4 Å². The number of nitrogens with two attached hydrogens (primary N) is 1. The van der Waals surface area contributed by atoms with Crippen LogP contribution in [-0.2, 0) is 5.54 Å². The van der Waals surface area contributed by atoms with E-state index in [1.54, 1.807) is 6.92 Å². The van der Waals surface area contributed by atoms with Crippen molar-refractivity contribution in [1.29, 1.82) is 0 Å². The first-order valence-electron chi connectivity index (χ1n) is 4.67. The summed E-state index contributed by atoms with van der Waals surface area (Å²) in [6.07, 6.45) is 3.55. The fraction of sp³-hybridized carbons (Fsp3) is 0.778. The van der Waals surface area contributed by atoms with Gasteiger partial charge < -0.3 is 10.3 Å². The lowest BCUT2D eigenvalue weighted by molar-refractivity contribution is 0.347. The third-order valence-corrected chi connectivity index (χ3v) is 2.45. The quantitative estimate of drug-likeness (QED) is 0.838. The van der Waals surface area contributed by atoms with Gasteiger partial charge in [0.25, 0.3) is 0 Å². The van der Waals surface area contributed by atoms with Crippen molar-refractivity contribution < 1.29 is 4.52 Å². The number of aromatic nitrogens is 2. The Morgan fingerprint density at radius 3 is 2.64 bits per heavy atom. The van der Waals surface area contributed by atoms with Crippen molar-refractivity contribution in [3.8, 4) is 0 Å². The summed E-state index contributed by atoms with van der Waals surface area (Å²) < 4.78 is 4.91. The van der Waals surface area contributed by atoms with E-state index in [9.17, 15) is 0 Å². The van der Waals surface area contributed by atoms with Crippen LogP contribution in [0.3, 0.4) is 0 Å². The second-order valence-electron chi connectivity index (χ2n) is 4.20. The zero-order valence-corrected chi connectivity index (χ0v) is 9.30. The highest BCUT2D eigenvalue weighted by atomic mass is 35.5. The van der Waals surface area contributed by atoms with Gasteiger partial charge in [-0.15, -0.1) is 12.4 Å². The van der Waals surface area contributed by atoms with Crippen LogP contribution in [0.1, 0.15) is 37.9 Å². The smallest absolute Gasteiger partial charge is 0.223 e. The molecule has 1 aliphatic carbocycles. The Kier molecular flexibility index (Phi) is 3.17. The van der Waals surface area contributed by atoms with Crippen LogP contribution in [0.4, 0.5) is 0 Å². The average Bonchev–Trinajstić information content (AvgIpc) is 2.70. The monoisotopic (exact) mass is 217 g/mol. The molecule has 2 rings (SSSR count). The summed E-state index contributed by atoms with van der Waals surface area (Å²) in [6, 6.07) is 0. The minimum Gasteiger partial charge on any atom is -0.340 e. The topological polar surface area (TPSA) is 64.9 Å². The van der Waals surface area contributed by atoms with Crippen molar-refractivity contribution in [2.24, 2.45) is 11.7 Å². The molecule has 0 amide bonds. The van der Waals surface area contributed by atoms with Crippen LogP contribution in [0.5, 0.6) is 0 Å². The number of nitrogens with zero attached hydrogens (tertiary/aromatic N) is 2. The van der Waals surface area contributed by atoms with Crippen LogP contribution in [0.25, 0.3) is 0 Å². The molecule has 5 heteroatoms. The molecule has 0 aliphatic heterocycles. The van der Waals surface area contributed by atoms with Gasteiger partial charge in [0.2, 0.25) is 5.89 Å². The van der Waals surface area contributed by atoms with Crippen molar-refractivity contribution in [3.63, 3.8) is 0 Å². The van der Waals surface area contributed by atoms with Crippen molar-refractivity contribution in [1.82, 2.24) is 10.1 Å². The summed E-state index contributed by atoms with van der Waals surface area (Å²) in [5.74, 6) is 1.99. The van der Waals surface area contributed by atoms with Crippen LogP contribution in [0.15, 0.2) is 4.52 Å². The van der Waals surface area contributed by atoms with Gasteiger partial charge in [0, 0.05) is 6.92 Å². The summed E-state index contributed by atoms with van der Waals surface area (Å²) in [4.78, 5) is 4.16. The van der Waals surface area contributed by atoms with Gasteiger partial charge >= 0.3 is 0 Å². The van der Waals surface area contributed by atoms with E-state index in [4.69, 9.17) is 10.3 Å². The van der Waals surface area contributed by atoms with E-state index in [-0.39, 0.29) is 12.4 Å². The number of aryl methyl sites for hydroxylation is 1. The molecule has 1 fully saturated rings. The molecule has 4 nitrogen and oxygen atoms in total. The Morgan fingerprint density at radius 2 is 2.21 bits per heavy atom. The van der Waals surface area contributed by atoms with E-state index in [1.165, 1.54) is 12.8 Å². The lowest BCUT2D eigenvalue weighted by atomic mass is 9.95. The van der Waals surface area contributed by atoms with Gasteiger partial charge in [-0.2, -0.15) is 4.98 Å². The molecule has 14 heavy (non-hydrogen) atoms. The van der Waals surface area contributed by atoms with Crippen LogP contribution < -0.4 is 5.73 Å². The average molecular weight is 218 g/mol. The fourth-order valence-electron chi connectivity index (χ4n) is 1.54. The van der Waals surface area contributed by atoms with Crippen molar-refractivity contribution in [3.05, 3.63) is 11.7 Å². The summed E-state index contributed by atoms with van der Waals surface area (Å²) in [5, 5.41) is 3.86. The van der Waals surface area contributed by atoms with Crippen LogP contribution in [0.2, 0.25) is 0 Å². The molecular weight excluding hydrogens is 202 g/mol. The number of halogens is 1. The largest absolute Gasteiger partial charge is 0.340 e. The Bertz CT molecular complexity index is 307. The predicted octanol–water partition coefficient (Wildman–Crippen LogP) is 1.77. The Labute approximate surface area is 89.7 Å². The zero-order chi connectivity index (χ0) is 9.47. The van der Waals surface area contributed by atoms with E-state index in [0.717, 1.165) is 12.3 Å². The third kappa shape index (κ3) is 2.45. The van der Waals surface area contributed by atoms with E-state index in [0.29, 0.717) is 11.7 Å². The maximum atomic E-state index is 6.11.